The van der Waals surface area contributed by atoms with Gasteiger partial charge in [0.25, 0.3) is 5.91 Å². The van der Waals surface area contributed by atoms with E-state index in [1.54, 1.807) is 4.90 Å². The lowest BCUT2D eigenvalue weighted by Crippen LogP contribution is -2.30. The van der Waals surface area contributed by atoms with Gasteiger partial charge in [0.15, 0.2) is 0 Å². The second kappa shape index (κ2) is 6.61. The molecular formula is C15H24N4O. The molecule has 1 aromatic rings. The molecule has 0 unspecified atom stereocenters. The van der Waals surface area contributed by atoms with E-state index in [4.69, 9.17) is 0 Å². The number of hydrogen-bond donors (Lipinski definition) is 2. The van der Waals surface area contributed by atoms with E-state index in [1.165, 1.54) is 0 Å². The number of rotatable bonds is 5. The highest BCUT2D eigenvalue weighted by Crippen LogP contribution is 2.25. The van der Waals surface area contributed by atoms with E-state index in [0.29, 0.717) is 0 Å². The maximum absolute atomic E-state index is 12.4. The van der Waals surface area contributed by atoms with Crippen molar-refractivity contribution in [3.63, 3.8) is 0 Å². The lowest BCUT2D eigenvalue weighted by molar-refractivity contribution is 0.0790. The Balaban J connectivity index is 1.98. The van der Waals surface area contributed by atoms with Crippen molar-refractivity contribution in [1.29, 1.82) is 0 Å². The Bertz CT molecular complexity index is 473. The van der Waals surface area contributed by atoms with Crippen LogP contribution in [0.5, 0.6) is 0 Å². The van der Waals surface area contributed by atoms with Crippen molar-refractivity contribution in [3.8, 4) is 0 Å². The van der Waals surface area contributed by atoms with Crippen LogP contribution in [0.4, 0.5) is 11.4 Å². The summed E-state index contributed by atoms with van der Waals surface area (Å²) in [5.74, 6) is 0.0823. The van der Waals surface area contributed by atoms with Crippen molar-refractivity contribution in [1.82, 2.24) is 9.80 Å². The van der Waals surface area contributed by atoms with Crippen LogP contribution in [0.3, 0.4) is 0 Å². The molecule has 1 aliphatic rings. The largest absolute Gasteiger partial charge is 0.382 e. The van der Waals surface area contributed by atoms with Gasteiger partial charge in [-0.05, 0) is 45.3 Å². The molecule has 0 atom stereocenters. The third kappa shape index (κ3) is 3.63. The number of benzene rings is 1. The molecule has 5 heteroatoms. The van der Waals surface area contributed by atoms with Crippen molar-refractivity contribution in [2.75, 3.05) is 58.0 Å². The Morgan fingerprint density at radius 2 is 1.80 bits per heavy atom. The summed E-state index contributed by atoms with van der Waals surface area (Å²) < 4.78 is 0. The first-order valence-electron chi connectivity index (χ1n) is 7.10. The molecule has 1 heterocycles. The minimum atomic E-state index is 0.0823. The fourth-order valence-electron chi connectivity index (χ4n) is 2.32. The minimum absolute atomic E-state index is 0.0823. The molecule has 0 aromatic heterocycles. The molecule has 20 heavy (non-hydrogen) atoms. The Labute approximate surface area is 120 Å². The van der Waals surface area contributed by atoms with E-state index in [1.807, 2.05) is 39.3 Å². The molecule has 0 spiro atoms. The summed E-state index contributed by atoms with van der Waals surface area (Å²) in [6.07, 6.45) is 0.986. The van der Waals surface area contributed by atoms with Gasteiger partial charge in [0, 0.05) is 32.2 Å². The highest BCUT2D eigenvalue weighted by atomic mass is 16.2. The standard InChI is InChI=1S/C15H24N4O/c1-18(2)9-4-10-19(3)15(20)12-5-6-13-14(11-12)17-8-7-16-13/h5-6,11,16-17H,4,7-10H2,1-3H3. The SMILES string of the molecule is CN(C)CCCN(C)C(=O)c1ccc2c(c1)NCCN2. The number of fused-ring (bicyclic) bond motifs is 1. The van der Waals surface area contributed by atoms with Gasteiger partial charge in [-0.1, -0.05) is 0 Å². The van der Waals surface area contributed by atoms with Gasteiger partial charge in [-0.2, -0.15) is 0 Å². The van der Waals surface area contributed by atoms with Crippen molar-refractivity contribution >= 4 is 17.3 Å². The van der Waals surface area contributed by atoms with Gasteiger partial charge >= 0.3 is 0 Å². The van der Waals surface area contributed by atoms with Crippen LogP contribution in [0.1, 0.15) is 16.8 Å². The molecule has 1 aromatic carbocycles. The summed E-state index contributed by atoms with van der Waals surface area (Å²) in [5, 5.41) is 6.63. The predicted octanol–water partition coefficient (Wildman–Crippen LogP) is 1.55. The Morgan fingerprint density at radius 3 is 2.50 bits per heavy atom. The highest BCUT2D eigenvalue weighted by molar-refractivity contribution is 5.96. The summed E-state index contributed by atoms with van der Waals surface area (Å²) in [7, 11) is 5.96. The predicted molar refractivity (Wildman–Crippen MR) is 83.6 cm³/mol. The first kappa shape index (κ1) is 14.7. The molecule has 2 rings (SSSR count). The van der Waals surface area contributed by atoms with Crippen LogP contribution in [0.2, 0.25) is 0 Å². The topological polar surface area (TPSA) is 47.6 Å². The quantitative estimate of drug-likeness (QED) is 0.856. The third-order valence-electron chi connectivity index (χ3n) is 3.47. The Morgan fingerprint density at radius 1 is 1.10 bits per heavy atom. The number of carbonyl (C=O) groups is 1. The number of anilines is 2. The Kier molecular flexibility index (Phi) is 4.84. The van der Waals surface area contributed by atoms with E-state index >= 15 is 0 Å². The molecule has 0 saturated heterocycles. The average molecular weight is 276 g/mol. The second-order valence-corrected chi connectivity index (χ2v) is 5.50. The summed E-state index contributed by atoms with van der Waals surface area (Å²) in [5.41, 5.74) is 2.83. The number of amides is 1. The van der Waals surface area contributed by atoms with Crippen LogP contribution in [-0.4, -0.2) is 63.0 Å². The molecule has 0 aliphatic carbocycles. The molecule has 0 saturated carbocycles. The van der Waals surface area contributed by atoms with Gasteiger partial charge in [-0.25, -0.2) is 0 Å². The third-order valence-corrected chi connectivity index (χ3v) is 3.47. The normalized spacial score (nSPS) is 13.4. The van der Waals surface area contributed by atoms with Crippen molar-refractivity contribution < 1.29 is 4.79 Å². The number of carbonyl (C=O) groups excluding carboxylic acids is 1. The van der Waals surface area contributed by atoms with Gasteiger partial charge in [-0.15, -0.1) is 0 Å². The van der Waals surface area contributed by atoms with Crippen LogP contribution >= 0.6 is 0 Å². The molecule has 1 aliphatic heterocycles. The van der Waals surface area contributed by atoms with Crippen molar-refractivity contribution in [2.45, 2.75) is 6.42 Å². The highest BCUT2D eigenvalue weighted by Gasteiger charge is 2.15. The fourth-order valence-corrected chi connectivity index (χ4v) is 2.32. The molecular weight excluding hydrogens is 252 g/mol. The van der Waals surface area contributed by atoms with E-state index in [-0.39, 0.29) is 5.91 Å². The van der Waals surface area contributed by atoms with Crippen LogP contribution < -0.4 is 10.6 Å². The molecule has 0 fully saturated rings. The monoisotopic (exact) mass is 276 g/mol. The molecule has 110 valence electrons. The van der Waals surface area contributed by atoms with E-state index in [9.17, 15) is 4.79 Å². The molecule has 0 bridgehead atoms. The van der Waals surface area contributed by atoms with Crippen LogP contribution in [0.15, 0.2) is 18.2 Å². The zero-order chi connectivity index (χ0) is 14.5. The zero-order valence-electron chi connectivity index (χ0n) is 12.6. The molecule has 0 radical (unpaired) electrons. The lowest BCUT2D eigenvalue weighted by atomic mass is 10.1. The van der Waals surface area contributed by atoms with Gasteiger partial charge in [0.1, 0.15) is 0 Å². The first-order valence-corrected chi connectivity index (χ1v) is 7.10. The van der Waals surface area contributed by atoms with Crippen molar-refractivity contribution in [2.24, 2.45) is 0 Å². The summed E-state index contributed by atoms with van der Waals surface area (Å²) >= 11 is 0. The van der Waals surface area contributed by atoms with Crippen LogP contribution in [-0.2, 0) is 0 Å². The molecule has 2 N–H and O–H groups in total. The summed E-state index contributed by atoms with van der Waals surface area (Å²) in [6, 6.07) is 5.80. The maximum Gasteiger partial charge on any atom is 0.253 e. The molecule has 1 amide bonds. The van der Waals surface area contributed by atoms with Gasteiger partial charge < -0.3 is 20.4 Å². The first-order chi connectivity index (χ1) is 9.58. The maximum atomic E-state index is 12.4. The van der Waals surface area contributed by atoms with Crippen molar-refractivity contribution in [3.05, 3.63) is 23.8 Å². The summed E-state index contributed by atoms with van der Waals surface area (Å²) in [6.45, 7) is 3.58. The number of nitrogens with one attached hydrogen (secondary N) is 2. The van der Waals surface area contributed by atoms with Crippen LogP contribution in [0.25, 0.3) is 0 Å². The fraction of sp³-hybridized carbons (Fsp3) is 0.533. The van der Waals surface area contributed by atoms with Gasteiger partial charge in [0.05, 0.1) is 11.4 Å². The lowest BCUT2D eigenvalue weighted by Gasteiger charge is -2.22. The average Bonchev–Trinajstić information content (AvgIpc) is 2.45. The van der Waals surface area contributed by atoms with Gasteiger partial charge in [0.2, 0.25) is 0 Å². The molecule has 5 nitrogen and oxygen atoms in total. The van der Waals surface area contributed by atoms with Gasteiger partial charge in [-0.3, -0.25) is 4.79 Å². The van der Waals surface area contributed by atoms with E-state index < -0.39 is 0 Å². The smallest absolute Gasteiger partial charge is 0.253 e. The second-order valence-electron chi connectivity index (χ2n) is 5.50. The zero-order valence-corrected chi connectivity index (χ0v) is 12.6. The van der Waals surface area contributed by atoms with Crippen LogP contribution in [0, 0.1) is 0 Å². The minimum Gasteiger partial charge on any atom is -0.382 e. The summed E-state index contributed by atoms with van der Waals surface area (Å²) in [4.78, 5) is 16.3. The van der Waals surface area contributed by atoms with E-state index in [0.717, 1.165) is 49.5 Å². The number of hydrogen-bond acceptors (Lipinski definition) is 4. The van der Waals surface area contributed by atoms with E-state index in [2.05, 4.69) is 15.5 Å². The number of nitrogens with zero attached hydrogens (tertiary/aromatic N) is 2. The Hall–Kier alpha value is -1.75.